The zero-order chi connectivity index (χ0) is 45.6. The monoisotopic (exact) mass is 1110 g/mol. The summed E-state index contributed by atoms with van der Waals surface area (Å²) in [6.07, 6.45) is 8.42. The van der Waals surface area contributed by atoms with Gasteiger partial charge < -0.3 is 14.0 Å². The van der Waals surface area contributed by atoms with E-state index in [4.69, 9.17) is 14.4 Å². The van der Waals surface area contributed by atoms with Crippen molar-refractivity contribution in [3.63, 3.8) is 0 Å². The Bertz CT molecular complexity index is 3310. The van der Waals surface area contributed by atoms with E-state index in [1.54, 1.807) is 4.40 Å². The molecule has 7 heteroatoms. The Balaban J connectivity index is 0.000000238. The van der Waals surface area contributed by atoms with Crippen molar-refractivity contribution in [2.24, 2.45) is 5.92 Å². The third-order valence-electron chi connectivity index (χ3n) is 12.4. The molecule has 0 aliphatic heterocycles. The summed E-state index contributed by atoms with van der Waals surface area (Å²) in [4.78, 5) is 14.5. The second-order valence-corrected chi connectivity index (χ2v) is 30.1. The number of aromatic nitrogens is 4. The molecule has 0 saturated carbocycles. The topological polar surface area (TPSA) is 56.7 Å². The molecule has 0 atom stereocenters. The molecular weight excluding hydrogens is 1050 g/mol. The summed E-state index contributed by atoms with van der Waals surface area (Å²) in [6, 6.07) is 48.4. The molecule has 10 rings (SSSR count). The zero-order valence-corrected chi connectivity index (χ0v) is 44.2. The molecule has 4 heterocycles. The maximum atomic E-state index is 6.55. The van der Waals surface area contributed by atoms with Crippen LogP contribution in [0.2, 0.25) is 17.3 Å². The molecule has 0 amide bonds. The summed E-state index contributed by atoms with van der Waals surface area (Å²) in [6.45, 7) is 15.8. The van der Waals surface area contributed by atoms with Crippen molar-refractivity contribution in [2.75, 3.05) is 0 Å². The molecule has 66 heavy (non-hydrogen) atoms. The van der Waals surface area contributed by atoms with Gasteiger partial charge >= 0.3 is 126 Å². The van der Waals surface area contributed by atoms with Crippen molar-refractivity contribution >= 4 is 61.4 Å². The van der Waals surface area contributed by atoms with Crippen LogP contribution < -0.4 is 4.40 Å². The molecule has 0 bridgehead atoms. The van der Waals surface area contributed by atoms with Gasteiger partial charge in [0.25, 0.3) is 0 Å². The minimum atomic E-state index is -1.86. The average molecular weight is 1100 g/mol. The van der Waals surface area contributed by atoms with Crippen LogP contribution in [-0.4, -0.2) is 32.8 Å². The standard InChI is InChI=1S/C41H34N3O.C18H24GeN.Ir/c1-24(2)32-20-30(29-16-15-27-10-6-7-11-28(27)19-29)21-33(25(3)4)39(32)44-37-13-9-8-12-36(37)43-41(44)35-23-42-22-34-31-17-14-26(5)18-38(31)45-40(34)35;1-14(2)11-16-12-18(15-9-7-6-8-10-15)20-13-17(16)19(3,4)5;/h6-22,24-25H,1-5H3;6-9,12-14H,11H2,1-5H3;/q2*-1;. The molecular formula is C59H58GeIrN4O-2. The van der Waals surface area contributed by atoms with Crippen molar-refractivity contribution in [1.29, 1.82) is 0 Å². The van der Waals surface area contributed by atoms with Gasteiger partial charge in [-0.25, -0.2) is 0 Å². The van der Waals surface area contributed by atoms with Crippen molar-refractivity contribution in [3.05, 3.63) is 174 Å². The summed E-state index contributed by atoms with van der Waals surface area (Å²) in [5.41, 5.74) is 15.3. The van der Waals surface area contributed by atoms with Crippen LogP contribution in [0.15, 0.2) is 144 Å². The minimum Gasteiger partial charge on any atom is -0.500 e. The fourth-order valence-corrected chi connectivity index (χ4v) is 12.5. The number of rotatable bonds is 9. The maximum absolute atomic E-state index is 6.55. The second kappa shape index (κ2) is 19.3. The van der Waals surface area contributed by atoms with Gasteiger partial charge in [-0.05, 0) is 117 Å². The number of benzene rings is 6. The number of hydrogen-bond acceptors (Lipinski definition) is 4. The van der Waals surface area contributed by atoms with E-state index < -0.39 is 13.3 Å². The van der Waals surface area contributed by atoms with E-state index in [1.165, 1.54) is 44.3 Å². The van der Waals surface area contributed by atoms with Gasteiger partial charge in [-0.15, -0.1) is 0 Å². The molecule has 0 unspecified atom stereocenters. The fourth-order valence-electron chi connectivity index (χ4n) is 9.16. The summed E-state index contributed by atoms with van der Waals surface area (Å²) in [7, 11) is 0. The maximum Gasteiger partial charge on any atom is 0.121 e. The number of hydrogen-bond donors (Lipinski definition) is 0. The summed E-state index contributed by atoms with van der Waals surface area (Å²) in [5, 5.41) is 4.51. The molecule has 10 aromatic rings. The first kappa shape index (κ1) is 46.9. The van der Waals surface area contributed by atoms with E-state index in [2.05, 4.69) is 197 Å². The molecule has 335 valence electrons. The van der Waals surface area contributed by atoms with E-state index in [1.807, 2.05) is 30.5 Å². The number of pyridine rings is 2. The predicted octanol–water partition coefficient (Wildman–Crippen LogP) is 15.5. The molecule has 5 nitrogen and oxygen atoms in total. The number of fused-ring (bicyclic) bond motifs is 5. The third kappa shape index (κ3) is 9.34. The van der Waals surface area contributed by atoms with Gasteiger partial charge in [0, 0.05) is 31.2 Å². The van der Waals surface area contributed by atoms with Crippen molar-refractivity contribution in [3.8, 4) is 39.5 Å². The Morgan fingerprint density at radius 1 is 0.697 bits per heavy atom. The SMILES string of the molecule is CC(C)Cc1cc(-c2[c-]cccc2)nc[c]1[Ge]([CH3])([CH3])[CH3].Cc1ccc2c(c1)oc1c(-c3nc4ccccc4n3-c3c(C(C)C)cc(-c4ccc5ccccc5c4)cc3C(C)C)[c-]ncc12.[Ir]. The Morgan fingerprint density at radius 3 is 2.11 bits per heavy atom. The summed E-state index contributed by atoms with van der Waals surface area (Å²) in [5.74, 6) is 9.30. The Kier molecular flexibility index (Phi) is 13.7. The van der Waals surface area contributed by atoms with E-state index in [0.29, 0.717) is 5.92 Å². The van der Waals surface area contributed by atoms with Crippen molar-refractivity contribution in [2.45, 2.75) is 84.0 Å². The second-order valence-electron chi connectivity index (χ2n) is 19.6. The van der Waals surface area contributed by atoms with E-state index in [9.17, 15) is 0 Å². The van der Waals surface area contributed by atoms with Gasteiger partial charge in [0.15, 0.2) is 0 Å². The zero-order valence-electron chi connectivity index (χ0n) is 39.7. The van der Waals surface area contributed by atoms with Crippen LogP contribution in [0.3, 0.4) is 0 Å². The molecule has 4 aromatic heterocycles. The Hall–Kier alpha value is -5.66. The Labute approximate surface area is 406 Å². The molecule has 0 fully saturated rings. The summed E-state index contributed by atoms with van der Waals surface area (Å²) >= 11 is -1.86. The van der Waals surface area contributed by atoms with Crippen LogP contribution in [-0.2, 0) is 26.5 Å². The van der Waals surface area contributed by atoms with Crippen LogP contribution in [0.5, 0.6) is 0 Å². The fraction of sp³-hybridized carbons (Fsp3) is 0.237. The van der Waals surface area contributed by atoms with Crippen LogP contribution in [0, 0.1) is 25.1 Å². The number of imidazole rings is 1. The van der Waals surface area contributed by atoms with Crippen LogP contribution in [0.1, 0.15) is 75.6 Å². The molecule has 0 spiro atoms. The first-order chi connectivity index (χ1) is 31.2. The molecule has 0 aliphatic carbocycles. The van der Waals surface area contributed by atoms with Crippen LogP contribution in [0.25, 0.3) is 83.2 Å². The number of para-hydroxylation sites is 2. The van der Waals surface area contributed by atoms with Crippen LogP contribution in [0.4, 0.5) is 0 Å². The van der Waals surface area contributed by atoms with Gasteiger partial charge in [-0.2, -0.15) is 0 Å². The van der Waals surface area contributed by atoms with Gasteiger partial charge in [0.2, 0.25) is 0 Å². The van der Waals surface area contributed by atoms with Gasteiger partial charge in [-0.3, -0.25) is 4.98 Å². The number of aryl methyl sites for hydroxylation is 1. The molecule has 6 aromatic carbocycles. The molecule has 1 radical (unpaired) electrons. The normalized spacial score (nSPS) is 11.8. The minimum absolute atomic E-state index is 0. The quantitative estimate of drug-likeness (QED) is 0.107. The van der Waals surface area contributed by atoms with Gasteiger partial charge in [0.05, 0.1) is 22.4 Å². The van der Waals surface area contributed by atoms with Crippen LogP contribution >= 0.6 is 0 Å². The first-order valence-electron chi connectivity index (χ1n) is 23.1. The van der Waals surface area contributed by atoms with Gasteiger partial charge in [-0.1, -0.05) is 88.4 Å². The van der Waals surface area contributed by atoms with E-state index in [0.717, 1.165) is 67.6 Å². The number of furan rings is 1. The first-order valence-corrected chi connectivity index (χ1v) is 30.4. The predicted molar refractivity (Wildman–Crippen MR) is 276 cm³/mol. The summed E-state index contributed by atoms with van der Waals surface area (Å²) < 4.78 is 10.4. The molecule has 0 aliphatic rings. The largest absolute Gasteiger partial charge is 0.500 e. The smallest absolute Gasteiger partial charge is 0.121 e. The molecule has 0 N–H and O–H groups in total. The van der Waals surface area contributed by atoms with Crippen molar-refractivity contribution < 1.29 is 24.5 Å². The number of nitrogens with zero attached hydrogens (tertiary/aromatic N) is 4. The van der Waals surface area contributed by atoms with Crippen molar-refractivity contribution in [1.82, 2.24) is 19.5 Å². The van der Waals surface area contributed by atoms with E-state index >= 15 is 0 Å². The van der Waals surface area contributed by atoms with Gasteiger partial charge in [0.1, 0.15) is 5.58 Å². The molecule has 0 saturated heterocycles. The average Bonchev–Trinajstić information content (AvgIpc) is 3.86. The third-order valence-corrected chi connectivity index (χ3v) is 16.7. The van der Waals surface area contributed by atoms with E-state index in [-0.39, 0.29) is 31.9 Å². The Morgan fingerprint density at radius 2 is 1.41 bits per heavy atom.